The zero-order valence-corrected chi connectivity index (χ0v) is 16.7. The lowest BCUT2D eigenvalue weighted by molar-refractivity contribution is -0.137. The lowest BCUT2D eigenvalue weighted by Gasteiger charge is -2.34. The smallest absolute Gasteiger partial charge is 0.416 e. The van der Waals surface area contributed by atoms with Crippen LogP contribution in [0.25, 0.3) is 0 Å². The van der Waals surface area contributed by atoms with Gasteiger partial charge in [-0.1, -0.05) is 30.0 Å². The summed E-state index contributed by atoms with van der Waals surface area (Å²) in [6.45, 7) is 2.00. The highest BCUT2D eigenvalue weighted by Gasteiger charge is 2.29. The number of guanidine groups is 1. The van der Waals surface area contributed by atoms with Crippen LogP contribution in [-0.2, 0) is 6.18 Å². The summed E-state index contributed by atoms with van der Waals surface area (Å²) in [6.07, 6.45) is -2.36. The molecule has 0 spiro atoms. The number of halogens is 3. The van der Waals surface area contributed by atoms with Gasteiger partial charge in [-0.05, 0) is 36.4 Å². The van der Waals surface area contributed by atoms with E-state index in [-0.39, 0.29) is 6.10 Å². The van der Waals surface area contributed by atoms with Crippen LogP contribution in [0, 0.1) is 11.8 Å². The van der Waals surface area contributed by atoms with Gasteiger partial charge in [0.15, 0.2) is 5.96 Å². The van der Waals surface area contributed by atoms with Gasteiger partial charge in [0.2, 0.25) is 0 Å². The molecule has 1 aliphatic heterocycles. The molecule has 1 aliphatic rings. The summed E-state index contributed by atoms with van der Waals surface area (Å²) >= 11 is 0. The van der Waals surface area contributed by atoms with E-state index >= 15 is 0 Å². The first-order valence-corrected chi connectivity index (χ1v) is 9.79. The number of rotatable bonds is 3. The molecule has 0 aromatic heterocycles. The number of ether oxygens (including phenoxy) is 1. The van der Waals surface area contributed by atoms with Gasteiger partial charge in [0.25, 0.3) is 0 Å². The molecular formula is C23H24F3N3O. The number of nitrogens with one attached hydrogen (secondary N) is 1. The van der Waals surface area contributed by atoms with Crippen molar-refractivity contribution in [3.05, 3.63) is 65.7 Å². The Hall–Kier alpha value is -3.14. The molecule has 1 saturated heterocycles. The number of para-hydroxylation sites is 1. The molecule has 0 aliphatic carbocycles. The number of likely N-dealkylation sites (tertiary alicyclic amines) is 1. The number of hydrogen-bond donors (Lipinski definition) is 1. The van der Waals surface area contributed by atoms with E-state index in [1.807, 2.05) is 30.3 Å². The Morgan fingerprint density at radius 1 is 1.10 bits per heavy atom. The minimum absolute atomic E-state index is 0.182. The number of nitrogens with zero attached hydrogens (tertiary/aromatic N) is 2. The van der Waals surface area contributed by atoms with E-state index in [4.69, 9.17) is 4.74 Å². The second-order valence-corrected chi connectivity index (χ2v) is 6.89. The summed E-state index contributed by atoms with van der Waals surface area (Å²) < 4.78 is 43.8. The standard InChI is InChI=1S/C23H24F3N3O/c1-27-22(28-15-5-6-18-9-11-19(12-10-18)23(24,25)26)29-16-13-21(14-17-29)30-20-7-3-2-4-8-20/h2-4,7-12,21H,13-17H2,1H3,(H,27,28). The zero-order chi connectivity index (χ0) is 21.4. The lowest BCUT2D eigenvalue weighted by atomic mass is 10.1. The van der Waals surface area contributed by atoms with E-state index < -0.39 is 11.7 Å². The summed E-state index contributed by atoms with van der Waals surface area (Å²) in [5.41, 5.74) is -0.134. The van der Waals surface area contributed by atoms with Crippen LogP contribution in [-0.4, -0.2) is 43.6 Å². The van der Waals surface area contributed by atoms with Crippen molar-refractivity contribution >= 4 is 5.96 Å². The van der Waals surface area contributed by atoms with Gasteiger partial charge in [0.1, 0.15) is 11.9 Å². The SMILES string of the molecule is CN=C(NCC#Cc1ccc(C(F)(F)F)cc1)N1CCC(Oc2ccccc2)CC1. The van der Waals surface area contributed by atoms with Crippen molar-refractivity contribution in [3.63, 3.8) is 0 Å². The summed E-state index contributed by atoms with van der Waals surface area (Å²) in [4.78, 5) is 6.46. The topological polar surface area (TPSA) is 36.9 Å². The maximum absolute atomic E-state index is 12.6. The van der Waals surface area contributed by atoms with Gasteiger partial charge in [0.05, 0.1) is 12.1 Å². The van der Waals surface area contributed by atoms with E-state index in [0.29, 0.717) is 12.1 Å². The molecule has 158 valence electrons. The van der Waals surface area contributed by atoms with Crippen LogP contribution in [0.3, 0.4) is 0 Å². The van der Waals surface area contributed by atoms with Crippen LogP contribution in [0.2, 0.25) is 0 Å². The molecule has 0 radical (unpaired) electrons. The molecule has 3 rings (SSSR count). The maximum atomic E-state index is 12.6. The molecule has 2 aromatic carbocycles. The summed E-state index contributed by atoms with van der Waals surface area (Å²) in [5, 5.41) is 3.19. The molecule has 0 atom stereocenters. The molecular weight excluding hydrogens is 391 g/mol. The minimum Gasteiger partial charge on any atom is -0.490 e. The summed E-state index contributed by atoms with van der Waals surface area (Å²) in [6, 6.07) is 14.6. The van der Waals surface area contributed by atoms with Crippen LogP contribution in [0.15, 0.2) is 59.6 Å². The third-order valence-electron chi connectivity index (χ3n) is 4.78. The third kappa shape index (κ3) is 6.18. The average molecular weight is 415 g/mol. The first-order valence-electron chi connectivity index (χ1n) is 9.79. The Bertz CT molecular complexity index is 891. The molecule has 0 amide bonds. The molecule has 7 heteroatoms. The number of hydrogen-bond acceptors (Lipinski definition) is 2. The normalized spacial score (nSPS) is 15.3. The second kappa shape index (κ2) is 10.1. The Balaban J connectivity index is 1.45. The Labute approximate surface area is 174 Å². The molecule has 4 nitrogen and oxygen atoms in total. The van der Waals surface area contributed by atoms with Crippen LogP contribution in [0.5, 0.6) is 5.75 Å². The quantitative estimate of drug-likeness (QED) is 0.464. The van der Waals surface area contributed by atoms with Gasteiger partial charge in [-0.3, -0.25) is 4.99 Å². The largest absolute Gasteiger partial charge is 0.490 e. The average Bonchev–Trinajstić information content (AvgIpc) is 2.75. The van der Waals surface area contributed by atoms with Crippen molar-refractivity contribution in [1.29, 1.82) is 0 Å². The van der Waals surface area contributed by atoms with Crippen LogP contribution in [0.1, 0.15) is 24.0 Å². The number of alkyl halides is 3. The molecule has 1 fully saturated rings. The third-order valence-corrected chi connectivity index (χ3v) is 4.78. The summed E-state index contributed by atoms with van der Waals surface area (Å²) in [7, 11) is 1.72. The zero-order valence-electron chi connectivity index (χ0n) is 16.7. The molecule has 0 saturated carbocycles. The Morgan fingerprint density at radius 2 is 1.77 bits per heavy atom. The van der Waals surface area contributed by atoms with Crippen molar-refractivity contribution < 1.29 is 17.9 Å². The molecule has 0 bridgehead atoms. The van der Waals surface area contributed by atoms with Gasteiger partial charge < -0.3 is 15.0 Å². The number of piperidine rings is 1. The fraction of sp³-hybridized carbons (Fsp3) is 0.348. The fourth-order valence-corrected chi connectivity index (χ4v) is 3.22. The first kappa shape index (κ1) is 21.6. The second-order valence-electron chi connectivity index (χ2n) is 6.89. The molecule has 30 heavy (non-hydrogen) atoms. The van der Waals surface area contributed by atoms with Crippen molar-refractivity contribution in [2.45, 2.75) is 25.1 Å². The highest BCUT2D eigenvalue weighted by atomic mass is 19.4. The van der Waals surface area contributed by atoms with Gasteiger partial charge in [-0.15, -0.1) is 0 Å². The van der Waals surface area contributed by atoms with Crippen molar-refractivity contribution in [1.82, 2.24) is 10.2 Å². The first-order chi connectivity index (χ1) is 14.5. The molecule has 1 heterocycles. The highest BCUT2D eigenvalue weighted by Crippen LogP contribution is 2.28. The van der Waals surface area contributed by atoms with Crippen LogP contribution >= 0.6 is 0 Å². The van der Waals surface area contributed by atoms with E-state index in [0.717, 1.165) is 49.8 Å². The van der Waals surface area contributed by atoms with Crippen LogP contribution < -0.4 is 10.1 Å². The van der Waals surface area contributed by atoms with E-state index in [1.54, 1.807) is 7.05 Å². The lowest BCUT2D eigenvalue weighted by Crippen LogP contribution is -2.47. The highest BCUT2D eigenvalue weighted by molar-refractivity contribution is 5.80. The van der Waals surface area contributed by atoms with Gasteiger partial charge in [-0.2, -0.15) is 13.2 Å². The maximum Gasteiger partial charge on any atom is 0.416 e. The molecule has 0 unspecified atom stereocenters. The van der Waals surface area contributed by atoms with Crippen molar-refractivity contribution in [3.8, 4) is 17.6 Å². The monoisotopic (exact) mass is 415 g/mol. The van der Waals surface area contributed by atoms with Gasteiger partial charge in [-0.25, -0.2) is 0 Å². The van der Waals surface area contributed by atoms with Crippen LogP contribution in [0.4, 0.5) is 13.2 Å². The van der Waals surface area contributed by atoms with E-state index in [2.05, 4.69) is 27.0 Å². The Morgan fingerprint density at radius 3 is 2.37 bits per heavy atom. The molecule has 2 aromatic rings. The van der Waals surface area contributed by atoms with E-state index in [9.17, 15) is 13.2 Å². The summed E-state index contributed by atoms with van der Waals surface area (Å²) in [5.74, 6) is 7.44. The number of aliphatic imine (C=N–C) groups is 1. The fourth-order valence-electron chi connectivity index (χ4n) is 3.22. The van der Waals surface area contributed by atoms with Gasteiger partial charge >= 0.3 is 6.18 Å². The van der Waals surface area contributed by atoms with Crippen molar-refractivity contribution in [2.24, 2.45) is 4.99 Å². The predicted octanol–water partition coefficient (Wildman–Crippen LogP) is 4.18. The van der Waals surface area contributed by atoms with Crippen molar-refractivity contribution in [2.75, 3.05) is 26.7 Å². The van der Waals surface area contributed by atoms with E-state index in [1.165, 1.54) is 12.1 Å². The molecule has 1 N–H and O–H groups in total. The Kier molecular flexibility index (Phi) is 7.23. The predicted molar refractivity (Wildman–Crippen MR) is 111 cm³/mol. The van der Waals surface area contributed by atoms with Gasteiger partial charge in [0, 0.05) is 38.5 Å². The number of benzene rings is 2. The minimum atomic E-state index is -4.33.